The Balaban J connectivity index is 0.00000243. The molecule has 2 aliphatic heterocycles. The molecule has 2 saturated heterocycles. The molecule has 3 rings (SSSR count). The van der Waals surface area contributed by atoms with E-state index < -0.39 is 0 Å². The molecule has 0 amide bonds. The average molecular weight is 472 g/mol. The molecule has 26 heavy (non-hydrogen) atoms. The lowest BCUT2D eigenvalue weighted by atomic mass is 9.99. The van der Waals surface area contributed by atoms with Crippen LogP contribution in [0.2, 0.25) is 0 Å². The maximum Gasteiger partial charge on any atom is 0.193 e. The fraction of sp³-hybridized carbons (Fsp3) is 0.650. The van der Waals surface area contributed by atoms with Crippen LogP contribution in [0.1, 0.15) is 31.4 Å². The van der Waals surface area contributed by atoms with Gasteiger partial charge in [0, 0.05) is 39.8 Å². The van der Waals surface area contributed by atoms with E-state index in [9.17, 15) is 0 Å². The molecule has 0 aliphatic carbocycles. The van der Waals surface area contributed by atoms with Crippen molar-refractivity contribution < 1.29 is 4.74 Å². The molecule has 2 aliphatic rings. The molecule has 5 nitrogen and oxygen atoms in total. The number of likely N-dealkylation sites (tertiary alicyclic amines) is 1. The molecule has 1 aromatic rings. The first kappa shape index (κ1) is 21.4. The third-order valence-electron chi connectivity index (χ3n) is 5.42. The largest absolute Gasteiger partial charge is 0.379 e. The van der Waals surface area contributed by atoms with Gasteiger partial charge in [-0.05, 0) is 24.3 Å². The van der Waals surface area contributed by atoms with Gasteiger partial charge in [0.1, 0.15) is 0 Å². The van der Waals surface area contributed by atoms with Gasteiger partial charge in [-0.1, -0.05) is 37.3 Å². The molecule has 0 radical (unpaired) electrons. The molecule has 6 heteroatoms. The van der Waals surface area contributed by atoms with Crippen molar-refractivity contribution in [3.63, 3.8) is 0 Å². The average Bonchev–Trinajstić information content (AvgIpc) is 2.68. The number of piperidine rings is 1. The van der Waals surface area contributed by atoms with Crippen molar-refractivity contribution in [3.05, 3.63) is 35.9 Å². The van der Waals surface area contributed by atoms with Gasteiger partial charge in [-0.25, -0.2) is 0 Å². The number of halogens is 1. The van der Waals surface area contributed by atoms with Crippen LogP contribution in [0.4, 0.5) is 0 Å². The van der Waals surface area contributed by atoms with E-state index in [1.165, 1.54) is 18.4 Å². The van der Waals surface area contributed by atoms with Crippen LogP contribution in [-0.2, 0) is 4.74 Å². The van der Waals surface area contributed by atoms with Gasteiger partial charge in [0.25, 0.3) is 0 Å². The minimum atomic E-state index is 0. The maximum atomic E-state index is 5.54. The molecule has 1 atom stereocenters. The summed E-state index contributed by atoms with van der Waals surface area (Å²) in [6.45, 7) is 9.05. The molecular weight excluding hydrogens is 439 g/mol. The molecular formula is C20H33IN4O. The molecule has 1 aromatic carbocycles. The smallest absolute Gasteiger partial charge is 0.193 e. The number of rotatable bonds is 4. The lowest BCUT2D eigenvalue weighted by molar-refractivity contribution is 0.0168. The standard InChI is InChI=1S/C20H32N4O.HI/c1-17-8-10-24(11-9-17)20(21-2)22-16-19(18-6-4-3-5-7-18)23-12-14-25-15-13-23;/h3-7,17,19H,8-16H2,1-2H3,(H,21,22);1H. The molecule has 1 unspecified atom stereocenters. The summed E-state index contributed by atoms with van der Waals surface area (Å²) >= 11 is 0. The van der Waals surface area contributed by atoms with Crippen molar-refractivity contribution in [3.8, 4) is 0 Å². The van der Waals surface area contributed by atoms with Crippen LogP contribution in [0.5, 0.6) is 0 Å². The summed E-state index contributed by atoms with van der Waals surface area (Å²) in [5.41, 5.74) is 1.36. The monoisotopic (exact) mass is 472 g/mol. The lowest BCUT2D eigenvalue weighted by Crippen LogP contribution is -2.49. The van der Waals surface area contributed by atoms with E-state index in [1.54, 1.807) is 0 Å². The number of benzene rings is 1. The molecule has 0 saturated carbocycles. The van der Waals surface area contributed by atoms with E-state index >= 15 is 0 Å². The van der Waals surface area contributed by atoms with Crippen LogP contribution in [-0.4, -0.2) is 68.7 Å². The Labute approximate surface area is 175 Å². The van der Waals surface area contributed by atoms with Crippen molar-refractivity contribution in [2.45, 2.75) is 25.8 Å². The summed E-state index contributed by atoms with van der Waals surface area (Å²) in [5, 5.41) is 3.64. The first-order valence-electron chi connectivity index (χ1n) is 9.60. The van der Waals surface area contributed by atoms with Gasteiger partial charge in [-0.2, -0.15) is 0 Å². The van der Waals surface area contributed by atoms with E-state index in [0.29, 0.717) is 6.04 Å². The highest BCUT2D eigenvalue weighted by Crippen LogP contribution is 2.21. The second-order valence-corrected chi connectivity index (χ2v) is 7.17. The number of hydrogen-bond donors (Lipinski definition) is 1. The molecule has 0 spiro atoms. The number of nitrogens with zero attached hydrogens (tertiary/aromatic N) is 3. The topological polar surface area (TPSA) is 40.1 Å². The Bertz CT molecular complexity index is 540. The summed E-state index contributed by atoms with van der Waals surface area (Å²) in [6.07, 6.45) is 2.51. The zero-order valence-electron chi connectivity index (χ0n) is 16.1. The Morgan fingerprint density at radius 1 is 1.15 bits per heavy atom. The van der Waals surface area contributed by atoms with E-state index in [1.807, 2.05) is 7.05 Å². The fourth-order valence-corrected chi connectivity index (χ4v) is 3.76. The summed E-state index contributed by atoms with van der Waals surface area (Å²) in [7, 11) is 1.90. The predicted octanol–water partition coefficient (Wildman–Crippen LogP) is 2.99. The van der Waals surface area contributed by atoms with Gasteiger partial charge in [-0.15, -0.1) is 24.0 Å². The quantitative estimate of drug-likeness (QED) is 0.416. The van der Waals surface area contributed by atoms with Crippen molar-refractivity contribution in [1.29, 1.82) is 0 Å². The normalized spacial score (nSPS) is 21.2. The Hall–Kier alpha value is -0.860. The number of guanidine groups is 1. The van der Waals surface area contributed by atoms with Gasteiger partial charge in [0.2, 0.25) is 0 Å². The van der Waals surface area contributed by atoms with Crippen molar-refractivity contribution >= 4 is 29.9 Å². The molecule has 2 heterocycles. The molecule has 0 bridgehead atoms. The number of ether oxygens (including phenoxy) is 1. The minimum Gasteiger partial charge on any atom is -0.379 e. The minimum absolute atomic E-state index is 0. The first-order chi connectivity index (χ1) is 12.3. The molecule has 146 valence electrons. The lowest BCUT2D eigenvalue weighted by Gasteiger charge is -2.37. The predicted molar refractivity (Wildman–Crippen MR) is 118 cm³/mol. The van der Waals surface area contributed by atoms with Gasteiger partial charge < -0.3 is 15.0 Å². The van der Waals surface area contributed by atoms with Crippen LogP contribution in [0, 0.1) is 5.92 Å². The van der Waals surface area contributed by atoms with Gasteiger partial charge >= 0.3 is 0 Å². The van der Waals surface area contributed by atoms with Gasteiger partial charge in [0.15, 0.2) is 5.96 Å². The summed E-state index contributed by atoms with van der Waals surface area (Å²) in [5.74, 6) is 1.88. The summed E-state index contributed by atoms with van der Waals surface area (Å²) in [4.78, 5) is 9.47. The van der Waals surface area contributed by atoms with Crippen LogP contribution >= 0.6 is 24.0 Å². The zero-order valence-corrected chi connectivity index (χ0v) is 18.4. The molecule has 1 N–H and O–H groups in total. The highest BCUT2D eigenvalue weighted by atomic mass is 127. The second kappa shape index (κ2) is 11.1. The zero-order chi connectivity index (χ0) is 17.5. The van der Waals surface area contributed by atoms with Crippen LogP contribution < -0.4 is 5.32 Å². The summed E-state index contributed by atoms with van der Waals surface area (Å²) in [6, 6.07) is 11.2. The van der Waals surface area contributed by atoms with Crippen molar-refractivity contribution in [2.75, 3.05) is 53.0 Å². The van der Waals surface area contributed by atoms with Crippen LogP contribution in [0.3, 0.4) is 0 Å². The van der Waals surface area contributed by atoms with Crippen molar-refractivity contribution in [1.82, 2.24) is 15.1 Å². The van der Waals surface area contributed by atoms with Crippen LogP contribution in [0.15, 0.2) is 35.3 Å². The number of nitrogens with one attached hydrogen (secondary N) is 1. The first-order valence-corrected chi connectivity index (χ1v) is 9.60. The Morgan fingerprint density at radius 3 is 2.42 bits per heavy atom. The Morgan fingerprint density at radius 2 is 1.81 bits per heavy atom. The third kappa shape index (κ3) is 5.82. The summed E-state index contributed by atoms with van der Waals surface area (Å²) < 4.78 is 5.54. The highest BCUT2D eigenvalue weighted by molar-refractivity contribution is 14.0. The van der Waals surface area contributed by atoms with Gasteiger partial charge in [-0.3, -0.25) is 9.89 Å². The Kier molecular flexibility index (Phi) is 9.15. The number of hydrogen-bond acceptors (Lipinski definition) is 3. The highest BCUT2D eigenvalue weighted by Gasteiger charge is 2.24. The number of aliphatic imine (C=N–C) groups is 1. The third-order valence-corrected chi connectivity index (χ3v) is 5.42. The maximum absolute atomic E-state index is 5.54. The number of morpholine rings is 1. The van der Waals surface area contributed by atoms with Crippen LogP contribution in [0.25, 0.3) is 0 Å². The van der Waals surface area contributed by atoms with E-state index in [-0.39, 0.29) is 24.0 Å². The second-order valence-electron chi connectivity index (χ2n) is 7.17. The SMILES string of the molecule is CN=C(NCC(c1ccccc1)N1CCOCC1)N1CCC(C)CC1.I. The van der Waals surface area contributed by atoms with Crippen molar-refractivity contribution in [2.24, 2.45) is 10.9 Å². The van der Waals surface area contributed by atoms with E-state index in [2.05, 4.69) is 57.4 Å². The molecule has 2 fully saturated rings. The molecule has 0 aromatic heterocycles. The van der Waals surface area contributed by atoms with Gasteiger partial charge in [0.05, 0.1) is 19.3 Å². The fourth-order valence-electron chi connectivity index (χ4n) is 3.76. The van der Waals surface area contributed by atoms with E-state index in [0.717, 1.165) is 57.8 Å². The van der Waals surface area contributed by atoms with E-state index in [4.69, 9.17) is 4.74 Å².